The van der Waals surface area contributed by atoms with E-state index in [0.717, 1.165) is 30.6 Å². The highest BCUT2D eigenvalue weighted by Crippen LogP contribution is 2.20. The molecule has 0 spiro atoms. The van der Waals surface area contributed by atoms with Crippen molar-refractivity contribution >= 4 is 23.1 Å². The van der Waals surface area contributed by atoms with Crippen LogP contribution in [0, 0.1) is 0 Å². The summed E-state index contributed by atoms with van der Waals surface area (Å²) in [4.78, 5) is 27.9. The fraction of sp³-hybridized carbons (Fsp3) is 0.318. The van der Waals surface area contributed by atoms with Gasteiger partial charge < -0.3 is 10.6 Å². The predicted molar refractivity (Wildman–Crippen MR) is 107 cm³/mol. The Morgan fingerprint density at radius 3 is 2.70 bits per heavy atom. The monoisotopic (exact) mass is 363 g/mol. The minimum atomic E-state index is -0.156. The molecule has 2 aromatic rings. The average Bonchev–Trinajstić information content (AvgIpc) is 2.69. The molecule has 140 valence electrons. The molecule has 1 aromatic heterocycles. The van der Waals surface area contributed by atoms with Crippen LogP contribution in [0.2, 0.25) is 0 Å². The Bertz CT molecular complexity index is 841. The fourth-order valence-electron chi connectivity index (χ4n) is 3.14. The first-order chi connectivity index (χ1) is 13.1. The Labute approximate surface area is 159 Å². The van der Waals surface area contributed by atoms with E-state index >= 15 is 0 Å². The lowest BCUT2D eigenvalue weighted by molar-refractivity contribution is 0.0948. The number of nitrogens with zero attached hydrogens (tertiary/aromatic N) is 1. The van der Waals surface area contributed by atoms with Gasteiger partial charge in [-0.1, -0.05) is 23.8 Å². The highest BCUT2D eigenvalue weighted by Gasteiger charge is 2.09. The van der Waals surface area contributed by atoms with Crippen LogP contribution < -0.4 is 10.6 Å². The van der Waals surface area contributed by atoms with Gasteiger partial charge in [0.05, 0.1) is 11.9 Å². The van der Waals surface area contributed by atoms with Crippen LogP contribution in [-0.2, 0) is 0 Å². The number of ketones is 1. The lowest BCUT2D eigenvalue weighted by atomic mass is 9.97. The van der Waals surface area contributed by atoms with Gasteiger partial charge in [0, 0.05) is 17.8 Å². The van der Waals surface area contributed by atoms with E-state index in [1.165, 1.54) is 18.4 Å². The second-order valence-electron chi connectivity index (χ2n) is 6.81. The number of benzene rings is 1. The molecule has 1 heterocycles. The number of anilines is 2. The Balaban J connectivity index is 1.53. The van der Waals surface area contributed by atoms with Gasteiger partial charge in [0.25, 0.3) is 5.91 Å². The van der Waals surface area contributed by atoms with E-state index in [4.69, 9.17) is 0 Å². The molecule has 5 heteroatoms. The van der Waals surface area contributed by atoms with Gasteiger partial charge in [-0.15, -0.1) is 0 Å². The summed E-state index contributed by atoms with van der Waals surface area (Å²) in [6, 6.07) is 10.8. The van der Waals surface area contributed by atoms with Crippen LogP contribution in [0.15, 0.2) is 54.2 Å². The number of amides is 1. The van der Waals surface area contributed by atoms with E-state index in [1.807, 2.05) is 18.2 Å². The highest BCUT2D eigenvalue weighted by atomic mass is 16.1. The molecular weight excluding hydrogens is 338 g/mol. The van der Waals surface area contributed by atoms with Gasteiger partial charge in [0.15, 0.2) is 5.78 Å². The van der Waals surface area contributed by atoms with Gasteiger partial charge in [-0.2, -0.15) is 0 Å². The average molecular weight is 363 g/mol. The molecule has 1 aromatic carbocycles. The van der Waals surface area contributed by atoms with Crippen molar-refractivity contribution in [1.82, 2.24) is 10.3 Å². The molecule has 27 heavy (non-hydrogen) atoms. The maximum absolute atomic E-state index is 12.2. The summed E-state index contributed by atoms with van der Waals surface area (Å²) in [6.45, 7) is 2.18. The van der Waals surface area contributed by atoms with Gasteiger partial charge in [0.1, 0.15) is 5.69 Å². The van der Waals surface area contributed by atoms with E-state index < -0.39 is 0 Å². The summed E-state index contributed by atoms with van der Waals surface area (Å²) in [5.74, 6) is -0.135. The van der Waals surface area contributed by atoms with Crippen molar-refractivity contribution in [3.63, 3.8) is 0 Å². The van der Waals surface area contributed by atoms with E-state index in [1.54, 1.807) is 31.3 Å². The molecule has 2 N–H and O–H groups in total. The molecular formula is C22H25N3O2. The highest BCUT2D eigenvalue weighted by molar-refractivity contribution is 5.95. The first kappa shape index (κ1) is 18.8. The molecule has 1 aliphatic carbocycles. The van der Waals surface area contributed by atoms with Crippen molar-refractivity contribution in [2.24, 2.45) is 0 Å². The molecule has 0 bridgehead atoms. The minimum absolute atomic E-state index is 0.0211. The maximum atomic E-state index is 12.2. The predicted octanol–water partition coefficient (Wildman–Crippen LogP) is 4.65. The molecule has 0 unspecified atom stereocenters. The lowest BCUT2D eigenvalue weighted by Crippen LogP contribution is -2.25. The van der Waals surface area contributed by atoms with Crippen LogP contribution in [0.3, 0.4) is 0 Å². The molecule has 1 amide bonds. The zero-order chi connectivity index (χ0) is 19.1. The molecule has 0 saturated heterocycles. The second kappa shape index (κ2) is 9.12. The van der Waals surface area contributed by atoms with Gasteiger partial charge >= 0.3 is 0 Å². The Kier molecular flexibility index (Phi) is 6.36. The van der Waals surface area contributed by atoms with E-state index in [2.05, 4.69) is 21.7 Å². The summed E-state index contributed by atoms with van der Waals surface area (Å²) in [5.41, 5.74) is 4.07. The third kappa shape index (κ3) is 5.51. The number of nitrogens with one attached hydrogen (secondary N) is 2. The first-order valence-corrected chi connectivity index (χ1v) is 9.42. The van der Waals surface area contributed by atoms with Crippen molar-refractivity contribution in [2.45, 2.75) is 39.0 Å². The summed E-state index contributed by atoms with van der Waals surface area (Å²) < 4.78 is 0. The molecule has 0 radical (unpaired) electrons. The lowest BCUT2D eigenvalue weighted by Gasteiger charge is -2.13. The van der Waals surface area contributed by atoms with E-state index in [9.17, 15) is 9.59 Å². The van der Waals surface area contributed by atoms with E-state index in [0.29, 0.717) is 17.8 Å². The smallest absolute Gasteiger partial charge is 0.269 e. The first-order valence-electron chi connectivity index (χ1n) is 9.42. The SMILES string of the molecule is CC(=O)c1cccc(Nc2ccc(C(=O)NCCC3=CCCCC3)nc2)c1. The van der Waals surface area contributed by atoms with Crippen LogP contribution >= 0.6 is 0 Å². The minimum Gasteiger partial charge on any atom is -0.354 e. The van der Waals surface area contributed by atoms with Crippen LogP contribution in [-0.4, -0.2) is 23.2 Å². The number of pyridine rings is 1. The number of rotatable bonds is 7. The normalized spacial score (nSPS) is 13.6. The Morgan fingerprint density at radius 2 is 2.00 bits per heavy atom. The number of hydrogen-bond acceptors (Lipinski definition) is 4. The van der Waals surface area contributed by atoms with Crippen molar-refractivity contribution in [2.75, 3.05) is 11.9 Å². The zero-order valence-electron chi connectivity index (χ0n) is 15.6. The van der Waals surface area contributed by atoms with E-state index in [-0.39, 0.29) is 11.7 Å². The summed E-state index contributed by atoms with van der Waals surface area (Å²) in [6.07, 6.45) is 9.69. The van der Waals surface area contributed by atoms with Crippen LogP contribution in [0.4, 0.5) is 11.4 Å². The van der Waals surface area contributed by atoms with Crippen LogP contribution in [0.25, 0.3) is 0 Å². The number of carbonyl (C=O) groups is 2. The molecule has 0 saturated carbocycles. The summed E-state index contributed by atoms with van der Waals surface area (Å²) in [5, 5.41) is 6.13. The number of carbonyl (C=O) groups excluding carboxylic acids is 2. The second-order valence-corrected chi connectivity index (χ2v) is 6.81. The van der Waals surface area contributed by atoms with Crippen molar-refractivity contribution in [1.29, 1.82) is 0 Å². The number of allylic oxidation sites excluding steroid dienone is 1. The summed E-state index contributed by atoms with van der Waals surface area (Å²) in [7, 11) is 0. The third-order valence-electron chi connectivity index (χ3n) is 4.67. The van der Waals surface area contributed by atoms with Gasteiger partial charge in [-0.3, -0.25) is 9.59 Å². The van der Waals surface area contributed by atoms with Crippen LogP contribution in [0.1, 0.15) is 59.9 Å². The van der Waals surface area contributed by atoms with Gasteiger partial charge in [0.2, 0.25) is 0 Å². The molecule has 0 atom stereocenters. The quantitative estimate of drug-likeness (QED) is 0.555. The molecule has 5 nitrogen and oxygen atoms in total. The molecule has 0 fully saturated rings. The number of Topliss-reactive ketones (excluding diaryl/α,β-unsaturated/α-hetero) is 1. The zero-order valence-corrected chi connectivity index (χ0v) is 15.6. The Morgan fingerprint density at radius 1 is 1.11 bits per heavy atom. The molecule has 1 aliphatic rings. The summed E-state index contributed by atoms with van der Waals surface area (Å²) >= 11 is 0. The number of hydrogen-bond donors (Lipinski definition) is 2. The fourth-order valence-corrected chi connectivity index (χ4v) is 3.14. The third-order valence-corrected chi connectivity index (χ3v) is 4.67. The number of aromatic nitrogens is 1. The molecule has 3 rings (SSSR count). The molecule has 0 aliphatic heterocycles. The Hall–Kier alpha value is -2.95. The van der Waals surface area contributed by atoms with Crippen molar-refractivity contribution in [3.8, 4) is 0 Å². The van der Waals surface area contributed by atoms with Gasteiger partial charge in [-0.05, 0) is 63.3 Å². The van der Waals surface area contributed by atoms with Crippen molar-refractivity contribution in [3.05, 3.63) is 65.5 Å². The topological polar surface area (TPSA) is 71.1 Å². The largest absolute Gasteiger partial charge is 0.354 e. The standard InChI is InChI=1S/C22H25N3O2/c1-16(26)18-8-5-9-19(14-18)25-20-10-11-21(24-15-20)22(27)23-13-12-17-6-3-2-4-7-17/h5-6,8-11,14-15,25H,2-4,7,12-13H2,1H3,(H,23,27). The van der Waals surface area contributed by atoms with Crippen LogP contribution in [0.5, 0.6) is 0 Å². The maximum Gasteiger partial charge on any atom is 0.269 e. The van der Waals surface area contributed by atoms with Crippen molar-refractivity contribution < 1.29 is 9.59 Å². The van der Waals surface area contributed by atoms with Gasteiger partial charge in [-0.25, -0.2) is 4.98 Å².